The number of ether oxygens (including phenoxy) is 1. The van der Waals surface area contributed by atoms with Gasteiger partial charge in [-0.25, -0.2) is 4.98 Å². The highest BCUT2D eigenvalue weighted by atomic mass is 35.5. The third-order valence-electron chi connectivity index (χ3n) is 3.20. The predicted molar refractivity (Wildman–Crippen MR) is 68.4 cm³/mol. The number of imidazole rings is 1. The van der Waals surface area contributed by atoms with E-state index in [1.807, 2.05) is 0 Å². The van der Waals surface area contributed by atoms with Crippen molar-refractivity contribution < 1.29 is 20.1 Å². The Labute approximate surface area is 122 Å². The summed E-state index contributed by atoms with van der Waals surface area (Å²) in [5, 5.41) is 36.3. The molecule has 0 saturated carbocycles. The van der Waals surface area contributed by atoms with Gasteiger partial charge in [0.25, 0.3) is 0 Å². The predicted octanol–water partition coefficient (Wildman–Crippen LogP) is -0.255. The number of hydrogen-bond donors (Lipinski definition) is 3. The second-order valence-electron chi connectivity index (χ2n) is 4.36. The van der Waals surface area contributed by atoms with Gasteiger partial charge in [-0.15, -0.1) is 10.2 Å². The molecule has 0 unspecified atom stereocenters. The van der Waals surface area contributed by atoms with Crippen LogP contribution in [-0.2, 0) is 4.74 Å². The van der Waals surface area contributed by atoms with E-state index in [9.17, 15) is 10.2 Å². The van der Waals surface area contributed by atoms with E-state index in [-0.39, 0.29) is 10.3 Å². The number of fused-ring (bicyclic) bond motifs is 1. The first-order valence-electron chi connectivity index (χ1n) is 5.71. The molecule has 108 valence electrons. The quantitative estimate of drug-likeness (QED) is 0.698. The van der Waals surface area contributed by atoms with Crippen molar-refractivity contribution in [2.45, 2.75) is 24.5 Å². The highest BCUT2D eigenvalue weighted by Gasteiger charge is 2.44. The number of nitrogens with zero attached hydrogens (tertiary/aromatic N) is 4. The first kappa shape index (κ1) is 13.9. The molecule has 0 spiro atoms. The third kappa shape index (κ3) is 1.96. The molecule has 1 aliphatic heterocycles. The normalized spacial score (nSPS) is 30.2. The average Bonchev–Trinajstić information content (AvgIpc) is 2.99. The summed E-state index contributed by atoms with van der Waals surface area (Å²) in [6.45, 7) is -0.421. The van der Waals surface area contributed by atoms with Crippen molar-refractivity contribution in [3.63, 3.8) is 0 Å². The van der Waals surface area contributed by atoms with Crippen molar-refractivity contribution in [2.75, 3.05) is 6.61 Å². The lowest BCUT2D eigenvalue weighted by molar-refractivity contribution is -0.0509. The van der Waals surface area contributed by atoms with Gasteiger partial charge < -0.3 is 20.1 Å². The lowest BCUT2D eigenvalue weighted by Crippen LogP contribution is -2.33. The van der Waals surface area contributed by atoms with E-state index in [1.54, 1.807) is 0 Å². The maximum absolute atomic E-state index is 10.0. The van der Waals surface area contributed by atoms with E-state index in [2.05, 4.69) is 15.2 Å². The van der Waals surface area contributed by atoms with Gasteiger partial charge in [0.05, 0.1) is 12.9 Å². The number of hydrogen-bond acceptors (Lipinski definition) is 7. The topological polar surface area (TPSA) is 114 Å². The molecule has 1 saturated heterocycles. The molecule has 2 aromatic heterocycles. The van der Waals surface area contributed by atoms with Crippen LogP contribution in [0.25, 0.3) is 11.0 Å². The first-order valence-corrected chi connectivity index (χ1v) is 6.47. The summed E-state index contributed by atoms with van der Waals surface area (Å²) in [4.78, 5) is 4.04. The molecule has 3 heterocycles. The van der Waals surface area contributed by atoms with Crippen LogP contribution in [0.1, 0.15) is 6.23 Å². The highest BCUT2D eigenvalue weighted by Crippen LogP contribution is 2.34. The maximum Gasteiger partial charge on any atom is 0.179 e. The zero-order valence-electron chi connectivity index (χ0n) is 9.89. The Hall–Kier alpha value is -1.03. The summed E-state index contributed by atoms with van der Waals surface area (Å²) in [6, 6.07) is 0. The average molecular weight is 321 g/mol. The van der Waals surface area contributed by atoms with Crippen LogP contribution in [0.3, 0.4) is 0 Å². The zero-order valence-corrected chi connectivity index (χ0v) is 11.4. The molecule has 1 aliphatic rings. The van der Waals surface area contributed by atoms with E-state index in [0.29, 0.717) is 11.0 Å². The molecule has 0 aromatic carbocycles. The van der Waals surface area contributed by atoms with Gasteiger partial charge in [-0.05, 0) is 0 Å². The Morgan fingerprint density at radius 3 is 2.55 bits per heavy atom. The molecule has 3 rings (SSSR count). The summed E-state index contributed by atoms with van der Waals surface area (Å²) >= 11 is 11.8. The molecular weight excluding hydrogens is 311 g/mol. The van der Waals surface area contributed by atoms with Crippen molar-refractivity contribution in [1.82, 2.24) is 19.7 Å². The smallest absolute Gasteiger partial charge is 0.179 e. The van der Waals surface area contributed by atoms with Gasteiger partial charge in [0.15, 0.2) is 16.5 Å². The van der Waals surface area contributed by atoms with Gasteiger partial charge in [0.2, 0.25) is 0 Å². The molecule has 10 heteroatoms. The van der Waals surface area contributed by atoms with Crippen molar-refractivity contribution in [3.05, 3.63) is 16.6 Å². The summed E-state index contributed by atoms with van der Waals surface area (Å²) in [6.07, 6.45) is -2.95. The van der Waals surface area contributed by atoms with Gasteiger partial charge in [-0.3, -0.25) is 4.57 Å². The van der Waals surface area contributed by atoms with Crippen molar-refractivity contribution in [1.29, 1.82) is 0 Å². The van der Waals surface area contributed by atoms with Crippen LogP contribution in [0.2, 0.25) is 10.3 Å². The molecule has 1 fully saturated rings. The van der Waals surface area contributed by atoms with Crippen LogP contribution in [0.15, 0.2) is 6.33 Å². The van der Waals surface area contributed by atoms with Crippen LogP contribution in [-0.4, -0.2) is 60.0 Å². The fourth-order valence-electron chi connectivity index (χ4n) is 2.20. The largest absolute Gasteiger partial charge is 0.394 e. The second kappa shape index (κ2) is 5.06. The summed E-state index contributed by atoms with van der Waals surface area (Å²) in [7, 11) is 0. The zero-order chi connectivity index (χ0) is 14.4. The molecule has 4 atom stereocenters. The van der Waals surface area contributed by atoms with E-state index < -0.39 is 31.1 Å². The molecule has 3 N–H and O–H groups in total. The van der Waals surface area contributed by atoms with Gasteiger partial charge in [0.1, 0.15) is 29.3 Å². The standard InChI is InChI=1S/C10H10Cl2N4O4/c11-8-4-5(9(12)15-14-8)16(2-13-4)10-7(19)6(18)3(1-17)20-10/h2-3,6-7,10,17-19H,1H2/t3-,6-,7-,10-/m1/s1. The molecule has 0 radical (unpaired) electrons. The van der Waals surface area contributed by atoms with Gasteiger partial charge in [0, 0.05) is 0 Å². The minimum absolute atomic E-state index is 0.0413. The number of rotatable bonds is 2. The van der Waals surface area contributed by atoms with Crippen molar-refractivity contribution in [2.24, 2.45) is 0 Å². The Balaban J connectivity index is 2.10. The summed E-state index contributed by atoms with van der Waals surface area (Å²) < 4.78 is 6.81. The van der Waals surface area contributed by atoms with E-state index in [0.717, 1.165) is 0 Å². The SMILES string of the molecule is OC[C@H]1O[C@@H](n2cnc3c(Cl)nnc(Cl)c32)[C@H](O)[C@@H]1O. The molecule has 0 aliphatic carbocycles. The lowest BCUT2D eigenvalue weighted by Gasteiger charge is -2.17. The Morgan fingerprint density at radius 1 is 1.20 bits per heavy atom. The second-order valence-corrected chi connectivity index (χ2v) is 5.08. The van der Waals surface area contributed by atoms with Gasteiger partial charge in [-0.1, -0.05) is 23.2 Å². The molecule has 0 bridgehead atoms. The van der Waals surface area contributed by atoms with Crippen molar-refractivity contribution >= 4 is 34.2 Å². The number of aliphatic hydroxyl groups is 3. The number of aliphatic hydroxyl groups excluding tert-OH is 3. The Bertz CT molecular complexity index is 651. The van der Waals surface area contributed by atoms with Crippen LogP contribution in [0.5, 0.6) is 0 Å². The maximum atomic E-state index is 10.0. The van der Waals surface area contributed by atoms with Crippen LogP contribution in [0.4, 0.5) is 0 Å². The van der Waals surface area contributed by atoms with Gasteiger partial charge in [-0.2, -0.15) is 0 Å². The van der Waals surface area contributed by atoms with Gasteiger partial charge >= 0.3 is 0 Å². The Morgan fingerprint density at radius 2 is 1.90 bits per heavy atom. The first-order chi connectivity index (χ1) is 9.54. The molecule has 20 heavy (non-hydrogen) atoms. The Kier molecular flexibility index (Phi) is 3.53. The molecular formula is C10H10Cl2N4O4. The van der Waals surface area contributed by atoms with E-state index in [4.69, 9.17) is 33.0 Å². The molecule has 2 aromatic rings. The monoisotopic (exact) mass is 320 g/mol. The third-order valence-corrected chi connectivity index (χ3v) is 3.71. The van der Waals surface area contributed by atoms with Crippen LogP contribution < -0.4 is 0 Å². The fourth-order valence-corrected chi connectivity index (χ4v) is 2.60. The highest BCUT2D eigenvalue weighted by molar-refractivity contribution is 6.37. The van der Waals surface area contributed by atoms with Crippen LogP contribution in [0, 0.1) is 0 Å². The lowest BCUT2D eigenvalue weighted by atomic mass is 10.1. The van der Waals surface area contributed by atoms with E-state index >= 15 is 0 Å². The summed E-state index contributed by atoms with van der Waals surface area (Å²) in [5.41, 5.74) is 0.644. The number of aromatic nitrogens is 4. The van der Waals surface area contributed by atoms with E-state index in [1.165, 1.54) is 10.9 Å². The minimum Gasteiger partial charge on any atom is -0.394 e. The fraction of sp³-hybridized carbons (Fsp3) is 0.500. The molecule has 8 nitrogen and oxygen atoms in total. The van der Waals surface area contributed by atoms with Crippen molar-refractivity contribution in [3.8, 4) is 0 Å². The number of halogens is 2. The summed E-state index contributed by atoms with van der Waals surface area (Å²) in [5.74, 6) is 0. The molecule has 0 amide bonds. The minimum atomic E-state index is -1.24. The van der Waals surface area contributed by atoms with Crippen LogP contribution >= 0.6 is 23.2 Å².